The van der Waals surface area contributed by atoms with Crippen LogP contribution in [-0.4, -0.2) is 32.2 Å². The minimum Gasteiger partial charge on any atom is -0.465 e. The molecule has 0 saturated carbocycles. The van der Waals surface area contributed by atoms with Gasteiger partial charge in [-0.25, -0.2) is 4.79 Å². The zero-order valence-electron chi connectivity index (χ0n) is 11.5. The van der Waals surface area contributed by atoms with Crippen molar-refractivity contribution in [2.75, 3.05) is 26.1 Å². The molecule has 20 heavy (non-hydrogen) atoms. The summed E-state index contributed by atoms with van der Waals surface area (Å²) in [6.45, 7) is 0. The molecule has 0 N–H and O–H groups in total. The Morgan fingerprint density at radius 1 is 1.25 bits per heavy atom. The van der Waals surface area contributed by atoms with E-state index in [2.05, 4.69) is 4.98 Å². The summed E-state index contributed by atoms with van der Waals surface area (Å²) in [6.07, 6.45) is 0. The lowest BCUT2D eigenvalue weighted by Crippen LogP contribution is -2.08. The highest BCUT2D eigenvalue weighted by molar-refractivity contribution is 6.05. The summed E-state index contributed by atoms with van der Waals surface area (Å²) in [5, 5.41) is 1.85. The van der Waals surface area contributed by atoms with Gasteiger partial charge in [0.1, 0.15) is 5.52 Å². The van der Waals surface area contributed by atoms with Gasteiger partial charge in [-0.1, -0.05) is 6.07 Å². The van der Waals surface area contributed by atoms with Crippen LogP contribution in [-0.2, 0) is 4.74 Å². The molecule has 0 fully saturated rings. The molecular formula is C15H14N2O3. The van der Waals surface area contributed by atoms with Gasteiger partial charge in [0.15, 0.2) is 5.58 Å². The number of aromatic nitrogens is 1. The Morgan fingerprint density at radius 2 is 2.05 bits per heavy atom. The van der Waals surface area contributed by atoms with Crippen LogP contribution in [0.5, 0.6) is 0 Å². The van der Waals surface area contributed by atoms with E-state index in [-0.39, 0.29) is 5.97 Å². The topological polar surface area (TPSA) is 55.6 Å². The first-order valence-corrected chi connectivity index (χ1v) is 6.19. The number of ether oxygens (including phenoxy) is 1. The Labute approximate surface area is 115 Å². The fraction of sp³-hybridized carbons (Fsp3) is 0.200. The first-order chi connectivity index (χ1) is 9.60. The SMILES string of the molecule is COC(=O)c1ccc2c(ccc3nc(N(C)C)oc32)c1. The molecule has 0 spiro atoms. The molecule has 0 amide bonds. The van der Waals surface area contributed by atoms with Crippen molar-refractivity contribution in [3.05, 3.63) is 35.9 Å². The first-order valence-electron chi connectivity index (χ1n) is 6.19. The largest absolute Gasteiger partial charge is 0.465 e. The average Bonchev–Trinajstić information content (AvgIpc) is 2.90. The van der Waals surface area contributed by atoms with Gasteiger partial charge in [-0.3, -0.25) is 0 Å². The van der Waals surface area contributed by atoms with E-state index in [0.29, 0.717) is 11.6 Å². The third kappa shape index (κ3) is 1.87. The van der Waals surface area contributed by atoms with E-state index < -0.39 is 0 Å². The molecule has 3 rings (SSSR count). The molecule has 1 aromatic heterocycles. The molecule has 0 radical (unpaired) electrons. The van der Waals surface area contributed by atoms with Gasteiger partial charge in [0.2, 0.25) is 0 Å². The lowest BCUT2D eigenvalue weighted by Gasteiger charge is -2.04. The molecule has 5 nitrogen and oxygen atoms in total. The maximum atomic E-state index is 11.5. The van der Waals surface area contributed by atoms with Gasteiger partial charge < -0.3 is 14.1 Å². The number of carbonyl (C=O) groups is 1. The van der Waals surface area contributed by atoms with Crippen molar-refractivity contribution >= 4 is 33.9 Å². The van der Waals surface area contributed by atoms with Crippen LogP contribution >= 0.6 is 0 Å². The van der Waals surface area contributed by atoms with Crippen LogP contribution in [0, 0.1) is 0 Å². The lowest BCUT2D eigenvalue weighted by molar-refractivity contribution is 0.0601. The number of rotatable bonds is 2. The van der Waals surface area contributed by atoms with Crippen LogP contribution in [0.1, 0.15) is 10.4 Å². The molecular weight excluding hydrogens is 256 g/mol. The smallest absolute Gasteiger partial charge is 0.337 e. The summed E-state index contributed by atoms with van der Waals surface area (Å²) in [5.41, 5.74) is 2.04. The number of methoxy groups -OCH3 is 1. The molecule has 0 unspecified atom stereocenters. The van der Waals surface area contributed by atoms with Crippen molar-refractivity contribution in [1.29, 1.82) is 0 Å². The van der Waals surface area contributed by atoms with Crippen LogP contribution in [0.4, 0.5) is 6.01 Å². The summed E-state index contributed by atoms with van der Waals surface area (Å²) >= 11 is 0. The van der Waals surface area contributed by atoms with Gasteiger partial charge in [-0.05, 0) is 29.7 Å². The molecule has 0 saturated heterocycles. The molecule has 0 aliphatic carbocycles. The first kappa shape index (κ1) is 12.5. The third-order valence-electron chi connectivity index (χ3n) is 3.16. The maximum absolute atomic E-state index is 11.5. The van der Waals surface area contributed by atoms with E-state index in [0.717, 1.165) is 21.9 Å². The van der Waals surface area contributed by atoms with E-state index in [1.54, 1.807) is 12.1 Å². The molecule has 3 aromatic rings. The average molecular weight is 270 g/mol. The predicted octanol–water partition coefficient (Wildman–Crippen LogP) is 2.83. The molecule has 0 bridgehead atoms. The van der Waals surface area contributed by atoms with Crippen LogP contribution in [0.3, 0.4) is 0 Å². The maximum Gasteiger partial charge on any atom is 0.337 e. The monoisotopic (exact) mass is 270 g/mol. The standard InChI is InChI=1S/C15H14N2O3/c1-17(2)15-16-12-7-5-9-8-10(14(18)19-3)4-6-11(9)13(12)20-15/h4-8H,1-3H3. The van der Waals surface area contributed by atoms with E-state index in [9.17, 15) is 4.79 Å². The second-order valence-electron chi connectivity index (χ2n) is 4.73. The highest BCUT2D eigenvalue weighted by Gasteiger charge is 2.12. The predicted molar refractivity (Wildman–Crippen MR) is 77.2 cm³/mol. The highest BCUT2D eigenvalue weighted by Crippen LogP contribution is 2.29. The minimum atomic E-state index is -0.349. The van der Waals surface area contributed by atoms with Gasteiger partial charge in [0.05, 0.1) is 12.7 Å². The van der Waals surface area contributed by atoms with Crippen molar-refractivity contribution in [2.24, 2.45) is 0 Å². The molecule has 0 aliphatic heterocycles. The van der Waals surface area contributed by atoms with Gasteiger partial charge in [-0.15, -0.1) is 0 Å². The number of benzene rings is 2. The number of oxazole rings is 1. The van der Waals surface area contributed by atoms with Crippen LogP contribution in [0.15, 0.2) is 34.7 Å². The van der Waals surface area contributed by atoms with E-state index in [1.165, 1.54) is 7.11 Å². The van der Waals surface area contributed by atoms with E-state index in [1.807, 2.05) is 37.2 Å². The number of fused-ring (bicyclic) bond motifs is 3. The van der Waals surface area contributed by atoms with Gasteiger partial charge in [0.25, 0.3) is 6.01 Å². The number of hydrogen-bond acceptors (Lipinski definition) is 5. The Bertz CT molecular complexity index is 805. The summed E-state index contributed by atoms with van der Waals surface area (Å²) in [7, 11) is 5.13. The summed E-state index contributed by atoms with van der Waals surface area (Å²) in [4.78, 5) is 17.8. The Kier molecular flexibility index (Phi) is 2.82. The molecule has 1 heterocycles. The molecule has 2 aromatic carbocycles. The van der Waals surface area contributed by atoms with Crippen molar-refractivity contribution in [3.63, 3.8) is 0 Å². The molecule has 0 aliphatic rings. The van der Waals surface area contributed by atoms with E-state index >= 15 is 0 Å². The molecule has 102 valence electrons. The second-order valence-corrected chi connectivity index (χ2v) is 4.73. The molecule has 5 heteroatoms. The Hall–Kier alpha value is -2.56. The zero-order chi connectivity index (χ0) is 14.3. The normalized spacial score (nSPS) is 10.9. The van der Waals surface area contributed by atoms with Crippen molar-refractivity contribution in [1.82, 2.24) is 4.98 Å². The second kappa shape index (κ2) is 4.52. The van der Waals surface area contributed by atoms with E-state index in [4.69, 9.17) is 9.15 Å². The number of nitrogens with zero attached hydrogens (tertiary/aromatic N) is 2. The van der Waals surface area contributed by atoms with Crippen molar-refractivity contribution in [3.8, 4) is 0 Å². The van der Waals surface area contributed by atoms with Crippen molar-refractivity contribution < 1.29 is 13.9 Å². The number of anilines is 1. The van der Waals surface area contributed by atoms with Gasteiger partial charge >= 0.3 is 5.97 Å². The summed E-state index contributed by atoms with van der Waals surface area (Å²) in [5.74, 6) is -0.349. The fourth-order valence-corrected chi connectivity index (χ4v) is 2.14. The third-order valence-corrected chi connectivity index (χ3v) is 3.16. The number of hydrogen-bond donors (Lipinski definition) is 0. The number of esters is 1. The van der Waals surface area contributed by atoms with Crippen molar-refractivity contribution in [2.45, 2.75) is 0 Å². The molecule has 0 atom stereocenters. The lowest BCUT2D eigenvalue weighted by atomic mass is 10.1. The van der Waals surface area contributed by atoms with Crippen LogP contribution in [0.2, 0.25) is 0 Å². The van der Waals surface area contributed by atoms with Crippen LogP contribution in [0.25, 0.3) is 21.9 Å². The highest BCUT2D eigenvalue weighted by atomic mass is 16.5. The summed E-state index contributed by atoms with van der Waals surface area (Å²) < 4.78 is 10.5. The number of carbonyl (C=O) groups excluding carboxylic acids is 1. The zero-order valence-corrected chi connectivity index (χ0v) is 11.5. The Balaban J connectivity index is 2.24. The summed E-state index contributed by atoms with van der Waals surface area (Å²) in [6, 6.07) is 9.74. The fourth-order valence-electron chi connectivity index (χ4n) is 2.14. The minimum absolute atomic E-state index is 0.349. The van der Waals surface area contributed by atoms with Crippen LogP contribution < -0.4 is 4.90 Å². The van der Waals surface area contributed by atoms with Gasteiger partial charge in [0, 0.05) is 19.5 Å². The Morgan fingerprint density at radius 3 is 2.75 bits per heavy atom. The van der Waals surface area contributed by atoms with Gasteiger partial charge in [-0.2, -0.15) is 4.98 Å². The quantitative estimate of drug-likeness (QED) is 0.670.